The van der Waals surface area contributed by atoms with Gasteiger partial charge in [0, 0.05) is 18.6 Å². The Balaban J connectivity index is 2.21. The second-order valence-electron chi connectivity index (χ2n) is 13.1. The van der Waals surface area contributed by atoms with Gasteiger partial charge in [-0.15, -0.1) is 0 Å². The molecule has 5 N–H and O–H groups in total. The molecule has 0 aromatic heterocycles. The van der Waals surface area contributed by atoms with Gasteiger partial charge in [-0.3, -0.25) is 4.79 Å². The molecule has 0 aliphatic carbocycles. The molecule has 11 nitrogen and oxygen atoms in total. The standard InChI is InChI=1S/C33H50N4O7/c1-32(2,3)28(36-30(41)44-7)29(40)35-24(18-22-14-10-8-11-15-22)26(38)20-34-21-27(39)25(19-23-16-12-9-13-17-23)37(31(42)43)33(4,5)6/h8-17,24-28,34,38-39H,18-21H2,1-7H3,(H,35,40)(H,36,41)(H,42,43)/p-1/t24-,25-,26+,27+,28?/m0/s1. The van der Waals surface area contributed by atoms with Crippen molar-refractivity contribution in [2.45, 2.75) is 90.3 Å². The summed E-state index contributed by atoms with van der Waals surface area (Å²) in [5.74, 6) is -0.486. The van der Waals surface area contributed by atoms with Gasteiger partial charge in [0.2, 0.25) is 5.91 Å². The third-order valence-electron chi connectivity index (χ3n) is 7.36. The molecule has 2 aromatic rings. The molecule has 0 saturated heterocycles. The fraction of sp³-hybridized carbons (Fsp3) is 0.545. The van der Waals surface area contributed by atoms with E-state index in [1.807, 2.05) is 60.7 Å². The minimum atomic E-state index is -1.39. The maximum absolute atomic E-state index is 13.4. The van der Waals surface area contributed by atoms with Crippen LogP contribution < -0.4 is 21.1 Å². The van der Waals surface area contributed by atoms with Crippen molar-refractivity contribution in [2.75, 3.05) is 20.2 Å². The minimum Gasteiger partial charge on any atom is -0.530 e. The number of methoxy groups -OCH3 is 1. The van der Waals surface area contributed by atoms with E-state index in [0.29, 0.717) is 6.42 Å². The van der Waals surface area contributed by atoms with Crippen molar-refractivity contribution in [2.24, 2.45) is 5.41 Å². The number of rotatable bonds is 14. The number of alkyl carbamates (subject to hydrolysis) is 1. The van der Waals surface area contributed by atoms with Gasteiger partial charge in [0.05, 0.1) is 31.4 Å². The first-order valence-electron chi connectivity index (χ1n) is 14.8. The van der Waals surface area contributed by atoms with Crippen LogP contribution in [0.15, 0.2) is 60.7 Å². The first-order valence-corrected chi connectivity index (χ1v) is 14.8. The van der Waals surface area contributed by atoms with Gasteiger partial charge in [-0.2, -0.15) is 0 Å². The highest BCUT2D eigenvalue weighted by molar-refractivity contribution is 5.86. The Morgan fingerprint density at radius 3 is 1.77 bits per heavy atom. The monoisotopic (exact) mass is 613 g/mol. The largest absolute Gasteiger partial charge is 0.530 e. The highest BCUT2D eigenvalue weighted by Gasteiger charge is 2.36. The number of aliphatic hydroxyl groups excluding tert-OH is 2. The summed E-state index contributed by atoms with van der Waals surface area (Å²) in [6.45, 7) is 10.6. The number of carbonyl (C=O) groups is 3. The topological polar surface area (TPSA) is 163 Å². The Kier molecular flexibility index (Phi) is 13.6. The van der Waals surface area contributed by atoms with Gasteiger partial charge in [-0.25, -0.2) is 4.79 Å². The molecule has 0 fully saturated rings. The van der Waals surface area contributed by atoms with Gasteiger partial charge in [0.15, 0.2) is 0 Å². The average Bonchev–Trinajstić information content (AvgIpc) is 2.94. The molecular formula is C33H49N4O7-. The van der Waals surface area contributed by atoms with Crippen molar-refractivity contribution < 1.29 is 34.4 Å². The quantitative estimate of drug-likeness (QED) is 0.216. The zero-order chi connectivity index (χ0) is 33.1. The van der Waals surface area contributed by atoms with Crippen LogP contribution in [-0.4, -0.2) is 89.3 Å². The third kappa shape index (κ3) is 11.4. The van der Waals surface area contributed by atoms with Gasteiger partial charge in [-0.05, 0) is 50.2 Å². The number of hydrogen-bond donors (Lipinski definition) is 5. The van der Waals surface area contributed by atoms with E-state index in [-0.39, 0.29) is 19.5 Å². The molecule has 244 valence electrons. The van der Waals surface area contributed by atoms with Crippen molar-refractivity contribution in [3.05, 3.63) is 71.8 Å². The van der Waals surface area contributed by atoms with Crippen LogP contribution in [0.25, 0.3) is 0 Å². The predicted octanol–water partition coefficient (Wildman–Crippen LogP) is 1.85. The molecular weight excluding hydrogens is 564 g/mol. The molecule has 0 aliphatic heterocycles. The fourth-order valence-corrected chi connectivity index (χ4v) is 5.09. The SMILES string of the molecule is COC(=O)NC(C(=O)N[C@@H](Cc1ccccc1)[C@H](O)CNC[C@@H](O)[C@H](Cc1ccccc1)N(C(=O)[O-])C(C)(C)C)C(C)(C)C. The Morgan fingerprint density at radius 1 is 0.818 bits per heavy atom. The van der Waals surface area contributed by atoms with Crippen LogP contribution in [0.2, 0.25) is 0 Å². The number of nitrogens with zero attached hydrogens (tertiary/aromatic N) is 1. The number of amides is 3. The Labute approximate surface area is 261 Å². The molecule has 5 atom stereocenters. The Bertz CT molecular complexity index is 1180. The van der Waals surface area contributed by atoms with E-state index in [2.05, 4.69) is 16.0 Å². The lowest BCUT2D eigenvalue weighted by Gasteiger charge is -2.45. The smallest absolute Gasteiger partial charge is 0.407 e. The summed E-state index contributed by atoms with van der Waals surface area (Å²) in [6, 6.07) is 16.1. The summed E-state index contributed by atoms with van der Waals surface area (Å²) >= 11 is 0. The van der Waals surface area contributed by atoms with Crippen LogP contribution >= 0.6 is 0 Å². The predicted molar refractivity (Wildman–Crippen MR) is 167 cm³/mol. The van der Waals surface area contributed by atoms with Crippen LogP contribution in [0.1, 0.15) is 52.7 Å². The van der Waals surface area contributed by atoms with Crippen molar-refractivity contribution in [1.82, 2.24) is 20.9 Å². The lowest BCUT2D eigenvalue weighted by atomic mass is 9.85. The molecule has 0 spiro atoms. The third-order valence-corrected chi connectivity index (χ3v) is 7.36. The summed E-state index contributed by atoms with van der Waals surface area (Å²) in [5.41, 5.74) is 0.231. The number of nitrogens with one attached hydrogen (secondary N) is 3. The summed E-state index contributed by atoms with van der Waals surface area (Å²) < 4.78 is 4.70. The zero-order valence-electron chi connectivity index (χ0n) is 26.9. The number of carboxylic acid groups (broad SMARTS) is 1. The van der Waals surface area contributed by atoms with Crippen LogP contribution in [0.4, 0.5) is 9.59 Å². The number of hydrogen-bond acceptors (Lipinski definition) is 8. The highest BCUT2D eigenvalue weighted by atomic mass is 16.5. The van der Waals surface area contributed by atoms with Crippen molar-refractivity contribution >= 4 is 18.1 Å². The van der Waals surface area contributed by atoms with E-state index < -0.39 is 59.4 Å². The van der Waals surface area contributed by atoms with E-state index >= 15 is 0 Å². The number of ether oxygens (including phenoxy) is 1. The van der Waals surface area contributed by atoms with Gasteiger partial charge in [-0.1, -0.05) is 81.4 Å². The van der Waals surface area contributed by atoms with E-state index in [9.17, 15) is 29.7 Å². The van der Waals surface area contributed by atoms with E-state index in [4.69, 9.17) is 4.74 Å². The van der Waals surface area contributed by atoms with Gasteiger partial charge < -0.3 is 45.7 Å². The summed E-state index contributed by atoms with van der Waals surface area (Å²) in [4.78, 5) is 38.7. The van der Waals surface area contributed by atoms with Gasteiger partial charge in [0.1, 0.15) is 12.1 Å². The summed E-state index contributed by atoms with van der Waals surface area (Å²) in [7, 11) is 1.22. The first-order chi connectivity index (χ1) is 20.5. The van der Waals surface area contributed by atoms with E-state index in [0.717, 1.165) is 16.0 Å². The molecule has 11 heteroatoms. The Hall–Kier alpha value is -3.67. The molecule has 3 amide bonds. The van der Waals surface area contributed by atoms with Gasteiger partial charge in [0.25, 0.3) is 0 Å². The summed E-state index contributed by atoms with van der Waals surface area (Å²) in [6.07, 6.45) is -3.83. The molecule has 44 heavy (non-hydrogen) atoms. The van der Waals surface area contributed by atoms with Crippen LogP contribution in [0.3, 0.4) is 0 Å². The fourth-order valence-electron chi connectivity index (χ4n) is 5.09. The molecule has 2 aromatic carbocycles. The maximum Gasteiger partial charge on any atom is 0.407 e. The van der Waals surface area contributed by atoms with Crippen LogP contribution in [-0.2, 0) is 22.4 Å². The number of benzene rings is 2. The second-order valence-corrected chi connectivity index (χ2v) is 13.1. The zero-order valence-corrected chi connectivity index (χ0v) is 26.9. The molecule has 0 aliphatic rings. The highest BCUT2D eigenvalue weighted by Crippen LogP contribution is 2.23. The normalized spacial score (nSPS) is 15.3. The second kappa shape index (κ2) is 16.4. The number of aliphatic hydroxyl groups is 2. The molecule has 2 rings (SSSR count). The Morgan fingerprint density at radius 2 is 1.32 bits per heavy atom. The first kappa shape index (κ1) is 36.5. The van der Waals surface area contributed by atoms with Crippen molar-refractivity contribution in [3.8, 4) is 0 Å². The van der Waals surface area contributed by atoms with Crippen molar-refractivity contribution in [1.29, 1.82) is 0 Å². The minimum absolute atomic E-state index is 0.0155. The van der Waals surface area contributed by atoms with Crippen molar-refractivity contribution in [3.63, 3.8) is 0 Å². The molecule has 0 bridgehead atoms. The van der Waals surface area contributed by atoms with E-state index in [1.54, 1.807) is 41.5 Å². The average molecular weight is 614 g/mol. The lowest BCUT2D eigenvalue weighted by molar-refractivity contribution is -0.275. The number of carbonyl (C=O) groups excluding carboxylic acids is 3. The lowest BCUT2D eigenvalue weighted by Crippen LogP contribution is -2.62. The molecule has 0 heterocycles. The van der Waals surface area contributed by atoms with Crippen LogP contribution in [0, 0.1) is 5.41 Å². The maximum atomic E-state index is 13.4. The summed E-state index contributed by atoms with van der Waals surface area (Å²) in [5, 5.41) is 43.2. The van der Waals surface area contributed by atoms with E-state index in [1.165, 1.54) is 7.11 Å². The molecule has 1 unspecified atom stereocenters. The van der Waals surface area contributed by atoms with Crippen LogP contribution in [0.5, 0.6) is 0 Å². The molecule has 0 saturated carbocycles. The van der Waals surface area contributed by atoms with Gasteiger partial charge >= 0.3 is 6.09 Å². The molecule has 0 radical (unpaired) electrons.